The van der Waals surface area contributed by atoms with Crippen LogP contribution in [-0.4, -0.2) is 23.8 Å². The highest BCUT2D eigenvalue weighted by Crippen LogP contribution is 2.10. The Hall–Kier alpha value is -0.540. The van der Waals surface area contributed by atoms with E-state index >= 15 is 0 Å². The number of hydrogen-bond acceptors (Lipinski definition) is 2. The molecule has 2 N–H and O–H groups in total. The van der Waals surface area contributed by atoms with Crippen LogP contribution in [0.3, 0.4) is 0 Å². The lowest BCUT2D eigenvalue weighted by Gasteiger charge is -1.94. The minimum absolute atomic E-state index is 0.648. The van der Waals surface area contributed by atoms with Gasteiger partial charge in [-0.2, -0.15) is 5.10 Å². The number of aromatic nitrogens is 2. The molecule has 0 unspecified atom stereocenters. The second-order valence-electron chi connectivity index (χ2n) is 2.06. The van der Waals surface area contributed by atoms with Gasteiger partial charge in [-0.25, -0.2) is 0 Å². The van der Waals surface area contributed by atoms with Crippen molar-refractivity contribution in [2.24, 2.45) is 0 Å². The van der Waals surface area contributed by atoms with Crippen LogP contribution in [0, 0.1) is 0 Å². The molecule has 0 spiro atoms. The summed E-state index contributed by atoms with van der Waals surface area (Å²) >= 11 is 5.73. The van der Waals surface area contributed by atoms with Crippen molar-refractivity contribution < 1.29 is 0 Å². The quantitative estimate of drug-likeness (QED) is 0.686. The zero-order valence-corrected chi connectivity index (χ0v) is 6.57. The van der Waals surface area contributed by atoms with E-state index in [1.54, 1.807) is 6.20 Å². The van der Waals surface area contributed by atoms with Crippen molar-refractivity contribution in [2.45, 2.75) is 6.42 Å². The van der Waals surface area contributed by atoms with Gasteiger partial charge >= 0.3 is 0 Å². The predicted molar refractivity (Wildman–Crippen MR) is 41.2 cm³/mol. The molecule has 1 aromatic heterocycles. The van der Waals surface area contributed by atoms with Gasteiger partial charge in [0.15, 0.2) is 0 Å². The van der Waals surface area contributed by atoms with Crippen molar-refractivity contribution >= 4 is 11.6 Å². The second-order valence-corrected chi connectivity index (χ2v) is 2.44. The molecule has 1 heterocycles. The Labute approximate surface area is 64.8 Å². The summed E-state index contributed by atoms with van der Waals surface area (Å²) in [5.41, 5.74) is 1.07. The van der Waals surface area contributed by atoms with Crippen molar-refractivity contribution in [3.8, 4) is 0 Å². The minimum atomic E-state index is 0.648. The van der Waals surface area contributed by atoms with Gasteiger partial charge in [-0.05, 0) is 20.0 Å². The fourth-order valence-corrected chi connectivity index (χ4v) is 0.921. The van der Waals surface area contributed by atoms with Crippen LogP contribution in [0.25, 0.3) is 0 Å². The second kappa shape index (κ2) is 3.58. The van der Waals surface area contributed by atoms with E-state index in [9.17, 15) is 0 Å². The van der Waals surface area contributed by atoms with Gasteiger partial charge in [-0.3, -0.25) is 5.10 Å². The van der Waals surface area contributed by atoms with Crippen LogP contribution in [0.2, 0.25) is 5.15 Å². The summed E-state index contributed by atoms with van der Waals surface area (Å²) in [5.74, 6) is 0. The third-order valence-electron chi connectivity index (χ3n) is 1.31. The van der Waals surface area contributed by atoms with E-state index in [0.717, 1.165) is 18.5 Å². The Morgan fingerprint density at radius 2 is 2.60 bits per heavy atom. The first-order valence-electron chi connectivity index (χ1n) is 3.17. The van der Waals surface area contributed by atoms with Crippen molar-refractivity contribution in [1.29, 1.82) is 0 Å². The van der Waals surface area contributed by atoms with Gasteiger partial charge in [0.2, 0.25) is 0 Å². The summed E-state index contributed by atoms with van der Waals surface area (Å²) in [6.07, 6.45) is 2.67. The van der Waals surface area contributed by atoms with E-state index in [1.807, 2.05) is 7.05 Å². The van der Waals surface area contributed by atoms with E-state index in [2.05, 4.69) is 15.5 Å². The maximum atomic E-state index is 5.73. The number of halogens is 1. The molecule has 0 aliphatic heterocycles. The maximum absolute atomic E-state index is 5.73. The van der Waals surface area contributed by atoms with Crippen LogP contribution < -0.4 is 5.32 Å². The van der Waals surface area contributed by atoms with Crippen molar-refractivity contribution in [1.82, 2.24) is 15.5 Å². The first-order valence-corrected chi connectivity index (χ1v) is 3.54. The standard InChI is InChI=1S/C6H10ClN3/c1-8-3-2-5-4-9-10-6(5)7/h4,8H,2-3H2,1H3,(H,9,10). The third-order valence-corrected chi connectivity index (χ3v) is 1.64. The highest BCUT2D eigenvalue weighted by molar-refractivity contribution is 6.30. The molecule has 1 rings (SSSR count). The largest absolute Gasteiger partial charge is 0.319 e. The maximum Gasteiger partial charge on any atom is 0.127 e. The molecule has 4 heteroatoms. The molecule has 0 aliphatic carbocycles. The van der Waals surface area contributed by atoms with Gasteiger partial charge in [0, 0.05) is 5.56 Å². The van der Waals surface area contributed by atoms with Crippen LogP contribution in [0.1, 0.15) is 5.56 Å². The lowest BCUT2D eigenvalue weighted by Crippen LogP contribution is -2.09. The summed E-state index contributed by atoms with van der Waals surface area (Å²) < 4.78 is 0. The molecular formula is C6H10ClN3. The molecule has 0 radical (unpaired) electrons. The average Bonchev–Trinajstić information content (AvgIpc) is 2.31. The van der Waals surface area contributed by atoms with Crippen LogP contribution in [0.4, 0.5) is 0 Å². The van der Waals surface area contributed by atoms with Gasteiger partial charge in [0.1, 0.15) is 5.15 Å². The van der Waals surface area contributed by atoms with Crippen LogP contribution in [0.15, 0.2) is 6.20 Å². The van der Waals surface area contributed by atoms with E-state index < -0.39 is 0 Å². The van der Waals surface area contributed by atoms with Crippen molar-refractivity contribution in [3.63, 3.8) is 0 Å². The predicted octanol–water partition coefficient (Wildman–Crippen LogP) is 0.825. The molecule has 0 amide bonds. The summed E-state index contributed by atoms with van der Waals surface area (Å²) in [4.78, 5) is 0. The van der Waals surface area contributed by atoms with E-state index in [0.29, 0.717) is 5.15 Å². The Bertz CT molecular complexity index is 197. The number of aromatic amines is 1. The number of nitrogens with zero attached hydrogens (tertiary/aromatic N) is 1. The van der Waals surface area contributed by atoms with Crippen molar-refractivity contribution in [2.75, 3.05) is 13.6 Å². The highest BCUT2D eigenvalue weighted by Gasteiger charge is 1.99. The lowest BCUT2D eigenvalue weighted by molar-refractivity contribution is 0.792. The zero-order valence-electron chi connectivity index (χ0n) is 5.82. The first kappa shape index (κ1) is 7.57. The molecule has 0 saturated heterocycles. The van der Waals surface area contributed by atoms with Crippen LogP contribution in [-0.2, 0) is 6.42 Å². The fourth-order valence-electron chi connectivity index (χ4n) is 0.729. The Kier molecular flexibility index (Phi) is 2.71. The number of likely N-dealkylation sites (N-methyl/N-ethyl adjacent to an activating group) is 1. The molecular weight excluding hydrogens is 150 g/mol. The smallest absolute Gasteiger partial charge is 0.127 e. The fraction of sp³-hybridized carbons (Fsp3) is 0.500. The Balaban J connectivity index is 2.49. The molecule has 0 fully saturated rings. The third kappa shape index (κ3) is 1.72. The molecule has 56 valence electrons. The lowest BCUT2D eigenvalue weighted by atomic mass is 10.2. The van der Waals surface area contributed by atoms with Gasteiger partial charge in [0.05, 0.1) is 6.20 Å². The Morgan fingerprint density at radius 3 is 3.10 bits per heavy atom. The minimum Gasteiger partial charge on any atom is -0.319 e. The topological polar surface area (TPSA) is 40.7 Å². The molecule has 0 bridgehead atoms. The van der Waals surface area contributed by atoms with Gasteiger partial charge in [-0.1, -0.05) is 11.6 Å². The summed E-state index contributed by atoms with van der Waals surface area (Å²) in [6.45, 7) is 0.930. The van der Waals surface area contributed by atoms with E-state index in [-0.39, 0.29) is 0 Å². The van der Waals surface area contributed by atoms with Gasteiger partial charge < -0.3 is 5.32 Å². The van der Waals surface area contributed by atoms with E-state index in [4.69, 9.17) is 11.6 Å². The monoisotopic (exact) mass is 159 g/mol. The molecule has 0 atom stereocenters. The van der Waals surface area contributed by atoms with Crippen molar-refractivity contribution in [3.05, 3.63) is 16.9 Å². The molecule has 0 aromatic carbocycles. The molecule has 1 aromatic rings. The van der Waals surface area contributed by atoms with Gasteiger partial charge in [0.25, 0.3) is 0 Å². The van der Waals surface area contributed by atoms with Crippen LogP contribution >= 0.6 is 11.6 Å². The molecule has 0 aliphatic rings. The first-order chi connectivity index (χ1) is 4.84. The Morgan fingerprint density at radius 1 is 1.80 bits per heavy atom. The normalized spacial score (nSPS) is 10.2. The van der Waals surface area contributed by atoms with Crippen LogP contribution in [0.5, 0.6) is 0 Å². The summed E-state index contributed by atoms with van der Waals surface area (Å²) in [7, 11) is 1.91. The average molecular weight is 160 g/mol. The molecule has 0 saturated carbocycles. The van der Waals surface area contributed by atoms with E-state index in [1.165, 1.54) is 0 Å². The number of rotatable bonds is 3. The number of nitrogens with one attached hydrogen (secondary N) is 2. The SMILES string of the molecule is CNCCc1cn[nH]c1Cl. The summed E-state index contributed by atoms with van der Waals surface area (Å²) in [5, 5.41) is 10.1. The molecule has 3 nitrogen and oxygen atoms in total. The van der Waals surface area contributed by atoms with Gasteiger partial charge in [-0.15, -0.1) is 0 Å². The molecule has 10 heavy (non-hydrogen) atoms. The number of H-pyrrole nitrogens is 1. The zero-order chi connectivity index (χ0) is 7.40. The highest BCUT2D eigenvalue weighted by atomic mass is 35.5. The number of hydrogen-bond donors (Lipinski definition) is 2. The summed E-state index contributed by atoms with van der Waals surface area (Å²) in [6, 6.07) is 0.